The molecular weight excluding hydrogens is 538 g/mol. The highest BCUT2D eigenvalue weighted by Crippen LogP contribution is 2.23. The van der Waals surface area contributed by atoms with E-state index in [-0.39, 0.29) is 50.3 Å². The Morgan fingerprint density at radius 1 is 0.707 bits per heavy atom. The summed E-state index contributed by atoms with van der Waals surface area (Å²) < 4.78 is 53.8. The fraction of sp³-hybridized carbons (Fsp3) is 0.387. The van der Waals surface area contributed by atoms with E-state index in [0.717, 1.165) is 24.3 Å². The summed E-state index contributed by atoms with van der Waals surface area (Å²) in [5, 5.41) is 3.03. The molecule has 41 heavy (non-hydrogen) atoms. The molecular formula is C31H35F4N3O3. The average molecular weight is 574 g/mol. The van der Waals surface area contributed by atoms with Crippen molar-refractivity contribution in [2.24, 2.45) is 11.8 Å². The molecule has 2 atom stereocenters. The molecule has 0 bridgehead atoms. The maximum absolute atomic E-state index is 13.6. The second kappa shape index (κ2) is 14.2. The summed E-state index contributed by atoms with van der Waals surface area (Å²) in [4.78, 5) is 42.9. The van der Waals surface area contributed by atoms with E-state index in [1.165, 1.54) is 12.1 Å². The molecule has 1 heterocycles. The molecule has 6 nitrogen and oxygen atoms in total. The van der Waals surface area contributed by atoms with Crippen molar-refractivity contribution in [3.05, 3.63) is 82.2 Å². The first-order valence-electron chi connectivity index (χ1n) is 13.3. The number of rotatable bonds is 12. The van der Waals surface area contributed by atoms with Crippen molar-refractivity contribution in [2.45, 2.75) is 25.7 Å². The summed E-state index contributed by atoms with van der Waals surface area (Å²) >= 11 is 0. The van der Waals surface area contributed by atoms with Crippen molar-refractivity contribution in [1.29, 1.82) is 0 Å². The first-order valence-corrected chi connectivity index (χ1v) is 13.3. The Kier molecular flexibility index (Phi) is 11.0. The summed E-state index contributed by atoms with van der Waals surface area (Å²) in [5.74, 6) is -6.78. The maximum Gasteiger partial charge on any atom is 0.159 e. The van der Waals surface area contributed by atoms with Crippen LogP contribution in [0.1, 0.15) is 36.8 Å². The van der Waals surface area contributed by atoms with Gasteiger partial charge in [-0.2, -0.15) is 0 Å². The topological polar surface area (TPSA) is 69.7 Å². The Morgan fingerprint density at radius 3 is 1.44 bits per heavy atom. The number of carbonyl (C=O) groups excluding carboxylic acids is 3. The Morgan fingerprint density at radius 2 is 1.10 bits per heavy atom. The van der Waals surface area contributed by atoms with Gasteiger partial charge in [0.1, 0.15) is 11.6 Å². The number of piperidine rings is 1. The number of benzene rings is 2. The van der Waals surface area contributed by atoms with E-state index >= 15 is 0 Å². The normalized spacial score (nSPS) is 17.9. The number of Topliss-reactive ketones (excluding diaryl/α,β-unsaturated/α-hetero) is 3. The third kappa shape index (κ3) is 8.60. The van der Waals surface area contributed by atoms with Crippen LogP contribution in [0.15, 0.2) is 47.8 Å². The van der Waals surface area contributed by atoms with E-state index in [0.29, 0.717) is 22.5 Å². The van der Waals surface area contributed by atoms with E-state index in [9.17, 15) is 31.9 Å². The van der Waals surface area contributed by atoms with E-state index in [2.05, 4.69) is 5.32 Å². The smallest absolute Gasteiger partial charge is 0.159 e. The standard InChI is InChI=1S/C31H35F4N3O3/c1-37(2)21(13-19-5-9-25(32)27(34)15-19)7-11-29(39)23-17-36-18-24(31(23)41)30(40)12-8-22(38(3)4)14-20-6-10-26(33)28(35)16-20/h5-6,9-10,13-16,23-24,36H,7-8,11-12,17-18H2,1-4H3/b21-13+,22-14+. The number of ketones is 3. The van der Waals surface area contributed by atoms with Gasteiger partial charge in [-0.1, -0.05) is 12.1 Å². The van der Waals surface area contributed by atoms with Crippen molar-refractivity contribution in [2.75, 3.05) is 41.3 Å². The molecule has 2 aromatic rings. The Hall–Kier alpha value is -3.79. The molecule has 0 aliphatic carbocycles. The van der Waals surface area contributed by atoms with E-state index < -0.39 is 40.9 Å². The summed E-state index contributed by atoms with van der Waals surface area (Å²) in [6.07, 6.45) is 3.92. The zero-order chi connectivity index (χ0) is 30.3. The minimum atomic E-state index is -0.972. The zero-order valence-electron chi connectivity index (χ0n) is 23.6. The number of hydrogen-bond donors (Lipinski definition) is 1. The molecule has 3 rings (SSSR count). The van der Waals surface area contributed by atoms with Gasteiger partial charge in [0.25, 0.3) is 0 Å². The number of allylic oxidation sites excluding steroid dienone is 2. The first kappa shape index (κ1) is 31.7. The Bertz CT molecular complexity index is 1250. The third-order valence-electron chi connectivity index (χ3n) is 7.12. The number of nitrogens with zero attached hydrogens (tertiary/aromatic N) is 2. The SMILES string of the molecule is CN(C)/C(=C/c1ccc(F)c(F)c1)CCC(=O)C1CNCC(C(=O)CC/C(=C\c2ccc(F)c(F)c2)N(C)C)C1=O. The van der Waals surface area contributed by atoms with Crippen molar-refractivity contribution in [3.8, 4) is 0 Å². The van der Waals surface area contributed by atoms with Gasteiger partial charge >= 0.3 is 0 Å². The van der Waals surface area contributed by atoms with Crippen LogP contribution in [0.5, 0.6) is 0 Å². The fourth-order valence-corrected chi connectivity index (χ4v) is 4.65. The van der Waals surface area contributed by atoms with Crippen LogP contribution in [0.4, 0.5) is 17.6 Å². The lowest BCUT2D eigenvalue weighted by Gasteiger charge is -2.28. The first-order chi connectivity index (χ1) is 19.4. The lowest BCUT2D eigenvalue weighted by atomic mass is 9.81. The summed E-state index contributed by atoms with van der Waals surface area (Å²) in [7, 11) is 7.06. The van der Waals surface area contributed by atoms with Gasteiger partial charge in [-0.15, -0.1) is 0 Å². The summed E-state index contributed by atoms with van der Waals surface area (Å²) in [6.45, 7) is 0.287. The molecule has 1 fully saturated rings. The van der Waals surface area contributed by atoms with Gasteiger partial charge in [0.05, 0.1) is 11.8 Å². The number of carbonyl (C=O) groups is 3. The minimum absolute atomic E-state index is 0.0361. The molecule has 10 heteroatoms. The van der Waals surface area contributed by atoms with Crippen LogP contribution < -0.4 is 5.32 Å². The van der Waals surface area contributed by atoms with Gasteiger partial charge in [0, 0.05) is 65.5 Å². The summed E-state index contributed by atoms with van der Waals surface area (Å²) in [5.41, 5.74) is 2.27. The second-order valence-electron chi connectivity index (χ2n) is 10.5. The van der Waals surface area contributed by atoms with Gasteiger partial charge in [-0.25, -0.2) is 17.6 Å². The highest BCUT2D eigenvalue weighted by atomic mass is 19.2. The number of halogens is 4. The quantitative estimate of drug-likeness (QED) is 0.289. The maximum atomic E-state index is 13.6. The van der Waals surface area contributed by atoms with E-state index in [4.69, 9.17) is 0 Å². The van der Waals surface area contributed by atoms with Gasteiger partial charge in [-0.05, 0) is 60.4 Å². The predicted molar refractivity (Wildman–Crippen MR) is 149 cm³/mol. The fourth-order valence-electron chi connectivity index (χ4n) is 4.65. The van der Waals surface area contributed by atoms with Crippen LogP contribution in [-0.2, 0) is 14.4 Å². The molecule has 1 saturated heterocycles. The minimum Gasteiger partial charge on any atom is -0.381 e. The van der Waals surface area contributed by atoms with Gasteiger partial charge in [0.2, 0.25) is 0 Å². The van der Waals surface area contributed by atoms with Crippen molar-refractivity contribution in [3.63, 3.8) is 0 Å². The second-order valence-corrected chi connectivity index (χ2v) is 10.5. The molecule has 0 aromatic heterocycles. The molecule has 0 spiro atoms. The summed E-state index contributed by atoms with van der Waals surface area (Å²) in [6, 6.07) is 7.07. The predicted octanol–water partition coefficient (Wildman–Crippen LogP) is 4.85. The molecule has 0 saturated carbocycles. The van der Waals surface area contributed by atoms with Gasteiger partial charge < -0.3 is 15.1 Å². The van der Waals surface area contributed by atoms with Gasteiger partial charge in [-0.3, -0.25) is 14.4 Å². The van der Waals surface area contributed by atoms with Crippen LogP contribution in [0.25, 0.3) is 12.2 Å². The third-order valence-corrected chi connectivity index (χ3v) is 7.12. The van der Waals surface area contributed by atoms with Gasteiger partial charge in [0.15, 0.2) is 29.1 Å². The monoisotopic (exact) mass is 573 g/mol. The van der Waals surface area contributed by atoms with Crippen LogP contribution >= 0.6 is 0 Å². The highest BCUT2D eigenvalue weighted by Gasteiger charge is 2.38. The lowest BCUT2D eigenvalue weighted by Crippen LogP contribution is -2.50. The van der Waals surface area contributed by atoms with Crippen LogP contribution in [0.3, 0.4) is 0 Å². The molecule has 0 amide bonds. The van der Waals surface area contributed by atoms with Crippen LogP contribution in [-0.4, -0.2) is 68.4 Å². The molecule has 2 unspecified atom stereocenters. The molecule has 2 aromatic carbocycles. The van der Waals surface area contributed by atoms with Crippen molar-refractivity contribution < 1.29 is 31.9 Å². The van der Waals surface area contributed by atoms with E-state index in [1.807, 2.05) is 0 Å². The van der Waals surface area contributed by atoms with E-state index in [1.54, 1.807) is 50.1 Å². The molecule has 220 valence electrons. The van der Waals surface area contributed by atoms with Crippen molar-refractivity contribution >= 4 is 29.5 Å². The average Bonchev–Trinajstić information content (AvgIpc) is 2.92. The molecule has 1 aliphatic heterocycles. The lowest BCUT2D eigenvalue weighted by molar-refractivity contribution is -0.140. The Balaban J connectivity index is 1.63. The molecule has 1 aliphatic rings. The number of nitrogens with one attached hydrogen (secondary N) is 1. The van der Waals surface area contributed by atoms with Crippen LogP contribution in [0.2, 0.25) is 0 Å². The Labute approximate surface area is 237 Å². The largest absolute Gasteiger partial charge is 0.381 e. The molecule has 1 N–H and O–H groups in total. The molecule has 0 radical (unpaired) electrons. The highest BCUT2D eigenvalue weighted by molar-refractivity contribution is 6.12. The number of hydrogen-bond acceptors (Lipinski definition) is 6. The van der Waals surface area contributed by atoms with Crippen molar-refractivity contribution in [1.82, 2.24) is 15.1 Å². The van der Waals surface area contributed by atoms with Crippen LogP contribution in [0, 0.1) is 35.1 Å². The zero-order valence-corrected chi connectivity index (χ0v) is 23.6.